The van der Waals surface area contributed by atoms with Crippen LogP contribution in [-0.4, -0.2) is 23.0 Å². The Balaban J connectivity index is 1.46. The van der Waals surface area contributed by atoms with Crippen molar-refractivity contribution in [2.24, 2.45) is 0 Å². The molecule has 10 heteroatoms. The molecule has 0 bridgehead atoms. The maximum Gasteiger partial charge on any atom is 0.258 e. The Labute approximate surface area is 205 Å². The minimum absolute atomic E-state index is 0.314. The Bertz CT molecular complexity index is 1410. The van der Waals surface area contributed by atoms with Crippen LogP contribution < -0.4 is 20.7 Å². The summed E-state index contributed by atoms with van der Waals surface area (Å²) in [6.07, 6.45) is 0. The second-order valence-electron chi connectivity index (χ2n) is 7.90. The molecule has 0 aliphatic rings. The highest BCUT2D eigenvalue weighted by molar-refractivity contribution is 6.04. The molecule has 0 atom stereocenters. The van der Waals surface area contributed by atoms with Gasteiger partial charge in [0.2, 0.25) is 5.82 Å². The molecule has 36 heavy (non-hydrogen) atoms. The molecule has 1 heterocycles. The molecular weight excluding hydrogens is 471 g/mol. The smallest absolute Gasteiger partial charge is 0.258 e. The van der Waals surface area contributed by atoms with E-state index in [4.69, 9.17) is 0 Å². The van der Waals surface area contributed by atoms with Gasteiger partial charge >= 0.3 is 0 Å². The average Bonchev–Trinajstić information content (AvgIpc) is 2.84. The zero-order chi connectivity index (χ0) is 25.8. The van der Waals surface area contributed by atoms with Gasteiger partial charge in [-0.2, -0.15) is 4.39 Å². The van der Waals surface area contributed by atoms with Crippen molar-refractivity contribution >= 4 is 34.6 Å². The maximum atomic E-state index is 14.4. The molecule has 0 aliphatic carbocycles. The zero-order valence-electron chi connectivity index (χ0n) is 19.6. The minimum atomic E-state index is -1.50. The normalized spacial score (nSPS) is 10.6. The quantitative estimate of drug-likeness (QED) is 0.264. The van der Waals surface area contributed by atoms with Gasteiger partial charge in [0.15, 0.2) is 17.4 Å². The van der Waals surface area contributed by atoms with Crippen LogP contribution in [0.1, 0.15) is 21.7 Å². The summed E-state index contributed by atoms with van der Waals surface area (Å²) >= 11 is 0. The van der Waals surface area contributed by atoms with Gasteiger partial charge in [0.05, 0.1) is 12.7 Å². The second kappa shape index (κ2) is 10.3. The summed E-state index contributed by atoms with van der Waals surface area (Å²) in [5.74, 6) is -4.39. The van der Waals surface area contributed by atoms with Crippen molar-refractivity contribution in [1.82, 2.24) is 9.97 Å². The number of aryl methyl sites for hydroxylation is 2. The van der Waals surface area contributed by atoms with Crippen LogP contribution in [0.3, 0.4) is 0 Å². The van der Waals surface area contributed by atoms with Crippen LogP contribution in [0.4, 0.5) is 41.9 Å². The molecule has 1 aromatic heterocycles. The number of hydrogen-bond acceptors (Lipinski definition) is 6. The van der Waals surface area contributed by atoms with E-state index in [-0.39, 0.29) is 0 Å². The Morgan fingerprint density at radius 3 is 1.86 bits per heavy atom. The van der Waals surface area contributed by atoms with E-state index in [1.54, 1.807) is 37.3 Å². The number of halogens is 3. The van der Waals surface area contributed by atoms with E-state index >= 15 is 0 Å². The Hall–Kier alpha value is -4.60. The highest BCUT2D eigenvalue weighted by Gasteiger charge is 2.23. The standard InChI is InChI=1S/C26H22F3N5O2/c1-14-4-6-16(7-5-14)32-21-13-22(31-15(2)30-21)33-17-8-10-18(11-9-17)34-26(35)19-12-20(27)24(29)25(36-3)23(19)28/h4-13H,1-3H3,(H,34,35)(H2,30,31,32,33). The number of carbonyl (C=O) groups excluding carboxylic acids is 1. The monoisotopic (exact) mass is 493 g/mol. The van der Waals surface area contributed by atoms with Crippen molar-refractivity contribution in [2.45, 2.75) is 13.8 Å². The molecule has 0 unspecified atom stereocenters. The molecule has 184 valence electrons. The lowest BCUT2D eigenvalue weighted by Gasteiger charge is -2.12. The predicted octanol–water partition coefficient (Wildman–Crippen LogP) is 6.26. The lowest BCUT2D eigenvalue weighted by molar-refractivity contribution is 0.102. The Morgan fingerprint density at radius 2 is 1.31 bits per heavy atom. The largest absolute Gasteiger partial charge is 0.491 e. The van der Waals surface area contributed by atoms with Crippen LogP contribution in [0.25, 0.3) is 0 Å². The molecule has 4 aromatic rings. The van der Waals surface area contributed by atoms with Crippen molar-refractivity contribution in [3.8, 4) is 5.75 Å². The number of benzene rings is 3. The van der Waals surface area contributed by atoms with E-state index in [2.05, 4.69) is 30.7 Å². The molecule has 3 aromatic carbocycles. The number of methoxy groups -OCH3 is 1. The van der Waals surface area contributed by atoms with Crippen LogP contribution in [0.2, 0.25) is 0 Å². The second-order valence-corrected chi connectivity index (χ2v) is 7.90. The van der Waals surface area contributed by atoms with Crippen LogP contribution in [0.15, 0.2) is 60.7 Å². The van der Waals surface area contributed by atoms with Gasteiger partial charge in [-0.05, 0) is 56.3 Å². The van der Waals surface area contributed by atoms with E-state index in [1.165, 1.54) is 0 Å². The van der Waals surface area contributed by atoms with Gasteiger partial charge in [-0.15, -0.1) is 0 Å². The van der Waals surface area contributed by atoms with Crippen LogP contribution >= 0.6 is 0 Å². The Kier molecular flexibility index (Phi) is 7.05. The topological polar surface area (TPSA) is 88.2 Å². The summed E-state index contributed by atoms with van der Waals surface area (Å²) in [7, 11) is 0.981. The fraction of sp³-hybridized carbons (Fsp3) is 0.115. The summed E-state index contributed by atoms with van der Waals surface area (Å²) in [6.45, 7) is 3.78. The molecule has 0 saturated carbocycles. The molecule has 4 rings (SSSR count). The summed E-state index contributed by atoms with van der Waals surface area (Å²) < 4.78 is 46.3. The van der Waals surface area contributed by atoms with Crippen LogP contribution in [-0.2, 0) is 0 Å². The van der Waals surface area contributed by atoms with Crippen molar-refractivity contribution in [3.63, 3.8) is 0 Å². The molecule has 0 fully saturated rings. The first-order valence-electron chi connectivity index (χ1n) is 10.8. The van der Waals surface area contributed by atoms with Gasteiger partial charge in [-0.3, -0.25) is 4.79 Å². The lowest BCUT2D eigenvalue weighted by atomic mass is 10.1. The van der Waals surface area contributed by atoms with Crippen molar-refractivity contribution in [3.05, 3.63) is 95.1 Å². The Morgan fingerprint density at radius 1 is 0.778 bits per heavy atom. The summed E-state index contributed by atoms with van der Waals surface area (Å²) in [4.78, 5) is 21.2. The number of rotatable bonds is 7. The van der Waals surface area contributed by atoms with Crippen molar-refractivity contribution in [1.29, 1.82) is 0 Å². The number of nitrogens with one attached hydrogen (secondary N) is 3. The highest BCUT2D eigenvalue weighted by atomic mass is 19.2. The van der Waals surface area contributed by atoms with Gasteiger partial charge in [-0.1, -0.05) is 17.7 Å². The molecule has 0 radical (unpaired) electrons. The zero-order valence-corrected chi connectivity index (χ0v) is 19.6. The number of aromatic nitrogens is 2. The fourth-order valence-electron chi connectivity index (χ4n) is 3.39. The highest BCUT2D eigenvalue weighted by Crippen LogP contribution is 2.28. The summed E-state index contributed by atoms with van der Waals surface area (Å²) in [5, 5.41) is 8.85. The number of hydrogen-bond donors (Lipinski definition) is 3. The molecule has 0 spiro atoms. The van der Waals surface area contributed by atoms with Gasteiger partial charge in [0.1, 0.15) is 17.5 Å². The molecule has 7 nitrogen and oxygen atoms in total. The predicted molar refractivity (Wildman–Crippen MR) is 132 cm³/mol. The van der Waals surface area contributed by atoms with E-state index in [0.717, 1.165) is 18.4 Å². The first kappa shape index (κ1) is 24.5. The fourth-order valence-corrected chi connectivity index (χ4v) is 3.39. The van der Waals surface area contributed by atoms with Gasteiger partial charge in [0, 0.05) is 23.1 Å². The number of ether oxygens (including phenoxy) is 1. The first-order valence-corrected chi connectivity index (χ1v) is 10.8. The summed E-state index contributed by atoms with van der Waals surface area (Å²) in [5.41, 5.74) is 2.33. The molecule has 1 amide bonds. The van der Waals surface area contributed by atoms with Crippen molar-refractivity contribution in [2.75, 3.05) is 23.1 Å². The first-order chi connectivity index (χ1) is 17.2. The number of nitrogens with zero attached hydrogens (tertiary/aromatic N) is 2. The van der Waals surface area contributed by atoms with Crippen LogP contribution in [0, 0.1) is 31.3 Å². The molecular formula is C26H22F3N5O2. The third-order valence-corrected chi connectivity index (χ3v) is 5.14. The number of carbonyl (C=O) groups is 1. The van der Waals surface area contributed by atoms with Gasteiger partial charge in [0.25, 0.3) is 5.91 Å². The number of anilines is 5. The maximum absolute atomic E-state index is 14.4. The average molecular weight is 493 g/mol. The van der Waals surface area contributed by atoms with Gasteiger partial charge < -0.3 is 20.7 Å². The van der Waals surface area contributed by atoms with E-state index in [9.17, 15) is 18.0 Å². The van der Waals surface area contributed by atoms with E-state index in [0.29, 0.717) is 34.9 Å². The van der Waals surface area contributed by atoms with Gasteiger partial charge in [-0.25, -0.2) is 18.7 Å². The third kappa shape index (κ3) is 5.54. The van der Waals surface area contributed by atoms with E-state index in [1.807, 2.05) is 31.2 Å². The minimum Gasteiger partial charge on any atom is -0.491 e. The third-order valence-electron chi connectivity index (χ3n) is 5.14. The molecule has 3 N–H and O–H groups in total. The molecule has 0 saturated heterocycles. The SMILES string of the molecule is COc1c(F)c(F)cc(C(=O)Nc2ccc(Nc3cc(Nc4ccc(C)cc4)nc(C)n3)cc2)c1F. The van der Waals surface area contributed by atoms with Crippen LogP contribution in [0.5, 0.6) is 5.75 Å². The summed E-state index contributed by atoms with van der Waals surface area (Å²) in [6, 6.07) is 16.6. The van der Waals surface area contributed by atoms with Crippen molar-refractivity contribution < 1.29 is 22.7 Å². The molecule has 0 aliphatic heterocycles. The lowest BCUT2D eigenvalue weighted by Crippen LogP contribution is -2.15. The number of amides is 1. The van der Waals surface area contributed by atoms with E-state index < -0.39 is 34.7 Å².